The van der Waals surface area contributed by atoms with E-state index in [0.717, 1.165) is 24.5 Å². The summed E-state index contributed by atoms with van der Waals surface area (Å²) in [6.45, 7) is 3.47. The maximum absolute atomic E-state index is 12.3. The summed E-state index contributed by atoms with van der Waals surface area (Å²) < 4.78 is 5.33. The fourth-order valence-electron chi connectivity index (χ4n) is 2.66. The number of carbonyl (C=O) groups is 1. The Morgan fingerprint density at radius 1 is 1.32 bits per heavy atom. The number of nitrogens with one attached hydrogen (secondary N) is 1. The molecule has 0 unspecified atom stereocenters. The van der Waals surface area contributed by atoms with Gasteiger partial charge in [-0.3, -0.25) is 0 Å². The summed E-state index contributed by atoms with van der Waals surface area (Å²) in [6, 6.07) is 10.4. The van der Waals surface area contributed by atoms with Crippen LogP contribution < -0.4 is 10.2 Å². The predicted molar refractivity (Wildman–Crippen MR) is 95.9 cm³/mol. The van der Waals surface area contributed by atoms with Crippen LogP contribution in [0.5, 0.6) is 5.75 Å². The number of rotatable bonds is 4. The van der Waals surface area contributed by atoms with Crippen LogP contribution in [0.3, 0.4) is 0 Å². The van der Waals surface area contributed by atoms with E-state index in [2.05, 4.69) is 15.2 Å². The van der Waals surface area contributed by atoms with Crippen molar-refractivity contribution in [3.63, 3.8) is 0 Å². The molecule has 7 heteroatoms. The lowest BCUT2D eigenvalue weighted by molar-refractivity contribution is 0.122. The van der Waals surface area contributed by atoms with Crippen LogP contribution >= 0.6 is 0 Å². The van der Waals surface area contributed by atoms with Gasteiger partial charge in [-0.1, -0.05) is 12.1 Å². The molecule has 2 heterocycles. The molecule has 1 aliphatic heterocycles. The average Bonchev–Trinajstić information content (AvgIpc) is 2.63. The molecule has 1 fully saturated rings. The summed E-state index contributed by atoms with van der Waals surface area (Å²) in [5, 5.41) is 12.3. The van der Waals surface area contributed by atoms with Gasteiger partial charge in [0.15, 0.2) is 0 Å². The summed E-state index contributed by atoms with van der Waals surface area (Å²) in [5.41, 5.74) is 1.50. The number of hydrogen-bond donors (Lipinski definition) is 2. The van der Waals surface area contributed by atoms with Crippen LogP contribution in [0, 0.1) is 0 Å². The van der Waals surface area contributed by atoms with Crippen molar-refractivity contribution in [2.24, 2.45) is 0 Å². The van der Waals surface area contributed by atoms with Crippen LogP contribution in [-0.4, -0.2) is 54.4 Å². The summed E-state index contributed by atoms with van der Waals surface area (Å²) in [6.07, 6.45) is 1.66. The highest BCUT2D eigenvalue weighted by Gasteiger charge is 2.13. The van der Waals surface area contributed by atoms with Crippen LogP contribution in [0.4, 0.5) is 16.3 Å². The number of ether oxygens (including phenoxy) is 1. The third-order valence-electron chi connectivity index (χ3n) is 4.01. The molecule has 0 bridgehead atoms. The first-order valence-electron chi connectivity index (χ1n) is 8.20. The van der Waals surface area contributed by atoms with Gasteiger partial charge in [0.05, 0.1) is 25.1 Å². The van der Waals surface area contributed by atoms with Crippen LogP contribution in [0.1, 0.15) is 5.56 Å². The summed E-state index contributed by atoms with van der Waals surface area (Å²) >= 11 is 0. The van der Waals surface area contributed by atoms with Gasteiger partial charge in [-0.05, 0) is 29.8 Å². The standard InChI is InChI=1S/C18H22N4O3/c1-21(13-14-3-2-4-16(23)11-14)18(24)20-15-5-6-17(19-12-15)22-7-9-25-10-8-22/h2-6,11-12,23H,7-10,13H2,1H3,(H,20,24). The van der Waals surface area contributed by atoms with E-state index in [1.807, 2.05) is 18.2 Å². The second-order valence-electron chi connectivity index (χ2n) is 5.96. The number of morpholine rings is 1. The van der Waals surface area contributed by atoms with Gasteiger partial charge in [-0.25, -0.2) is 9.78 Å². The molecule has 7 nitrogen and oxygen atoms in total. The van der Waals surface area contributed by atoms with Gasteiger partial charge >= 0.3 is 6.03 Å². The van der Waals surface area contributed by atoms with Gasteiger partial charge < -0.3 is 25.0 Å². The van der Waals surface area contributed by atoms with Crippen molar-refractivity contribution in [3.8, 4) is 5.75 Å². The number of anilines is 2. The van der Waals surface area contributed by atoms with Crippen molar-refractivity contribution < 1.29 is 14.6 Å². The molecule has 0 saturated carbocycles. The smallest absolute Gasteiger partial charge is 0.321 e. The number of hydrogen-bond acceptors (Lipinski definition) is 5. The molecular formula is C18H22N4O3. The summed E-state index contributed by atoms with van der Waals surface area (Å²) in [7, 11) is 1.70. The number of urea groups is 1. The van der Waals surface area contributed by atoms with Gasteiger partial charge in [0, 0.05) is 26.7 Å². The Morgan fingerprint density at radius 2 is 2.12 bits per heavy atom. The quantitative estimate of drug-likeness (QED) is 0.891. The van der Waals surface area contributed by atoms with E-state index in [-0.39, 0.29) is 11.8 Å². The van der Waals surface area contributed by atoms with Crippen molar-refractivity contribution in [2.45, 2.75) is 6.54 Å². The topological polar surface area (TPSA) is 77.9 Å². The Balaban J connectivity index is 1.56. The molecule has 0 spiro atoms. The number of benzene rings is 1. The zero-order valence-corrected chi connectivity index (χ0v) is 14.2. The molecule has 3 rings (SSSR count). The first-order chi connectivity index (χ1) is 12.1. The fraction of sp³-hybridized carbons (Fsp3) is 0.333. The van der Waals surface area contributed by atoms with Crippen molar-refractivity contribution in [1.29, 1.82) is 0 Å². The molecule has 1 aromatic heterocycles. The molecule has 2 aromatic rings. The van der Waals surface area contributed by atoms with Crippen LogP contribution in [0.25, 0.3) is 0 Å². The molecule has 2 N–H and O–H groups in total. The number of nitrogens with zero attached hydrogens (tertiary/aromatic N) is 3. The molecule has 1 aliphatic rings. The third-order valence-corrected chi connectivity index (χ3v) is 4.01. The fourth-order valence-corrected chi connectivity index (χ4v) is 2.66. The molecule has 0 aliphatic carbocycles. The van der Waals surface area contributed by atoms with Gasteiger partial charge in [0.25, 0.3) is 0 Å². The number of aromatic hydroxyl groups is 1. The van der Waals surface area contributed by atoms with E-state index >= 15 is 0 Å². The average molecular weight is 342 g/mol. The number of phenols is 1. The zero-order valence-electron chi connectivity index (χ0n) is 14.2. The van der Waals surface area contributed by atoms with E-state index in [1.165, 1.54) is 0 Å². The van der Waals surface area contributed by atoms with E-state index < -0.39 is 0 Å². The largest absolute Gasteiger partial charge is 0.508 e. The van der Waals surface area contributed by atoms with Gasteiger partial charge in [-0.2, -0.15) is 0 Å². The third kappa shape index (κ3) is 4.60. The Kier molecular flexibility index (Phi) is 5.35. The molecular weight excluding hydrogens is 320 g/mol. The van der Waals surface area contributed by atoms with Crippen molar-refractivity contribution in [2.75, 3.05) is 43.6 Å². The zero-order chi connectivity index (χ0) is 17.6. The first-order valence-corrected chi connectivity index (χ1v) is 8.20. The second-order valence-corrected chi connectivity index (χ2v) is 5.96. The van der Waals surface area contributed by atoms with Crippen molar-refractivity contribution >= 4 is 17.5 Å². The number of aromatic nitrogens is 1. The first kappa shape index (κ1) is 17.0. The van der Waals surface area contributed by atoms with Crippen LogP contribution in [-0.2, 0) is 11.3 Å². The van der Waals surface area contributed by atoms with E-state index in [0.29, 0.717) is 25.4 Å². The minimum atomic E-state index is -0.232. The number of pyridine rings is 1. The van der Waals surface area contributed by atoms with Gasteiger partial charge in [-0.15, -0.1) is 0 Å². The lowest BCUT2D eigenvalue weighted by Gasteiger charge is -2.27. The molecule has 132 valence electrons. The van der Waals surface area contributed by atoms with E-state index in [4.69, 9.17) is 4.74 Å². The molecule has 2 amide bonds. The van der Waals surface area contributed by atoms with Gasteiger partial charge in [0.2, 0.25) is 0 Å². The maximum atomic E-state index is 12.3. The highest BCUT2D eigenvalue weighted by atomic mass is 16.5. The predicted octanol–water partition coefficient (Wildman–Crippen LogP) is 2.29. The maximum Gasteiger partial charge on any atom is 0.321 e. The molecule has 0 radical (unpaired) electrons. The van der Waals surface area contributed by atoms with Crippen molar-refractivity contribution in [1.82, 2.24) is 9.88 Å². The minimum absolute atomic E-state index is 0.189. The molecule has 1 saturated heterocycles. The van der Waals surface area contributed by atoms with Crippen LogP contribution in [0.2, 0.25) is 0 Å². The lowest BCUT2D eigenvalue weighted by Crippen LogP contribution is -2.36. The second kappa shape index (κ2) is 7.85. The van der Waals surface area contributed by atoms with Crippen molar-refractivity contribution in [3.05, 3.63) is 48.2 Å². The summed E-state index contributed by atoms with van der Waals surface area (Å²) in [4.78, 5) is 20.4. The molecule has 0 atom stereocenters. The monoisotopic (exact) mass is 342 g/mol. The number of phenolic OH excluding ortho intramolecular Hbond substituents is 1. The summed E-state index contributed by atoms with van der Waals surface area (Å²) in [5.74, 6) is 1.07. The normalized spacial score (nSPS) is 14.2. The van der Waals surface area contributed by atoms with E-state index in [1.54, 1.807) is 36.3 Å². The Labute approximate surface area is 146 Å². The van der Waals surface area contributed by atoms with Gasteiger partial charge in [0.1, 0.15) is 11.6 Å². The Hall–Kier alpha value is -2.80. The van der Waals surface area contributed by atoms with E-state index in [9.17, 15) is 9.90 Å². The number of amides is 2. The molecule has 1 aromatic carbocycles. The van der Waals surface area contributed by atoms with Crippen LogP contribution in [0.15, 0.2) is 42.6 Å². The lowest BCUT2D eigenvalue weighted by atomic mass is 10.2. The Morgan fingerprint density at radius 3 is 2.80 bits per heavy atom. The SMILES string of the molecule is CN(Cc1cccc(O)c1)C(=O)Nc1ccc(N2CCOCC2)nc1. The highest BCUT2D eigenvalue weighted by molar-refractivity contribution is 5.89. The minimum Gasteiger partial charge on any atom is -0.508 e. The Bertz CT molecular complexity index is 715. The highest BCUT2D eigenvalue weighted by Crippen LogP contribution is 2.16. The molecule has 25 heavy (non-hydrogen) atoms. The number of carbonyl (C=O) groups excluding carboxylic acids is 1.